The minimum atomic E-state index is -0.0672. The van der Waals surface area contributed by atoms with Crippen LogP contribution >= 0.6 is 11.6 Å². The number of halogens is 1. The molecule has 0 bridgehead atoms. The highest BCUT2D eigenvalue weighted by Gasteiger charge is 2.30. The summed E-state index contributed by atoms with van der Waals surface area (Å²) in [5, 5.41) is 4.64. The van der Waals surface area contributed by atoms with Gasteiger partial charge in [-0.25, -0.2) is 4.68 Å². The molecule has 1 aromatic rings. The second-order valence-electron chi connectivity index (χ2n) is 6.48. The van der Waals surface area contributed by atoms with E-state index in [0.29, 0.717) is 35.6 Å². The van der Waals surface area contributed by atoms with E-state index in [1.807, 2.05) is 0 Å². The highest BCUT2D eigenvalue weighted by molar-refractivity contribution is 6.33. The molecule has 1 aromatic heterocycles. The van der Waals surface area contributed by atoms with Crippen molar-refractivity contribution in [3.63, 3.8) is 0 Å². The number of rotatable bonds is 4. The van der Waals surface area contributed by atoms with Crippen LogP contribution in [0.25, 0.3) is 0 Å². The summed E-state index contributed by atoms with van der Waals surface area (Å²) in [4.78, 5) is 14.8. The monoisotopic (exact) mass is 310 g/mol. The summed E-state index contributed by atoms with van der Waals surface area (Å²) in [6, 6.07) is 0.190. The van der Waals surface area contributed by atoms with Crippen molar-refractivity contribution in [2.24, 2.45) is 17.6 Å². The number of piperidine rings is 1. The second kappa shape index (κ2) is 5.97. The number of aromatic nitrogens is 2. The fraction of sp³-hybridized carbons (Fsp3) is 0.733. The van der Waals surface area contributed by atoms with Crippen LogP contribution in [0.1, 0.15) is 32.6 Å². The zero-order chi connectivity index (χ0) is 15.0. The molecule has 1 saturated heterocycles. The Morgan fingerprint density at radius 2 is 2.19 bits per heavy atom. The van der Waals surface area contributed by atoms with Crippen LogP contribution in [0.2, 0.25) is 5.02 Å². The first-order chi connectivity index (χ1) is 10.1. The van der Waals surface area contributed by atoms with Crippen LogP contribution in [-0.4, -0.2) is 28.9 Å². The average molecular weight is 311 g/mol. The molecule has 0 radical (unpaired) electrons. The van der Waals surface area contributed by atoms with Crippen LogP contribution in [0, 0.1) is 11.8 Å². The van der Waals surface area contributed by atoms with Gasteiger partial charge < -0.3 is 10.6 Å². The normalized spacial score (nSPS) is 26.1. The van der Waals surface area contributed by atoms with Gasteiger partial charge in [-0.05, 0) is 37.5 Å². The van der Waals surface area contributed by atoms with E-state index in [1.54, 1.807) is 10.9 Å². The van der Waals surface area contributed by atoms with E-state index in [9.17, 15) is 4.79 Å². The van der Waals surface area contributed by atoms with Crippen LogP contribution in [0.3, 0.4) is 0 Å². The summed E-state index contributed by atoms with van der Waals surface area (Å²) in [6.07, 6.45) is 6.07. The number of anilines is 1. The Kier molecular flexibility index (Phi) is 4.22. The largest absolute Gasteiger partial charge is 0.361 e. The quantitative estimate of drug-likeness (QED) is 0.922. The molecule has 2 unspecified atom stereocenters. The zero-order valence-electron chi connectivity index (χ0n) is 12.5. The molecule has 0 amide bonds. The van der Waals surface area contributed by atoms with Crippen LogP contribution in [0.5, 0.6) is 0 Å². The molecule has 1 saturated carbocycles. The van der Waals surface area contributed by atoms with Crippen molar-refractivity contribution in [1.82, 2.24) is 9.78 Å². The second-order valence-corrected chi connectivity index (χ2v) is 6.89. The third-order valence-electron chi connectivity index (χ3n) is 4.64. The maximum absolute atomic E-state index is 12.7. The minimum absolute atomic E-state index is 0.0672. The van der Waals surface area contributed by atoms with Gasteiger partial charge in [0, 0.05) is 25.7 Å². The zero-order valence-corrected chi connectivity index (χ0v) is 13.2. The molecule has 6 heteroatoms. The highest BCUT2D eigenvalue weighted by Crippen LogP contribution is 2.32. The number of hydrogen-bond donors (Lipinski definition) is 1. The topological polar surface area (TPSA) is 64.2 Å². The molecule has 2 aliphatic rings. The first kappa shape index (κ1) is 14.9. The van der Waals surface area contributed by atoms with Gasteiger partial charge in [0.25, 0.3) is 5.56 Å². The lowest BCUT2D eigenvalue weighted by Gasteiger charge is -2.39. The fourth-order valence-corrected chi connectivity index (χ4v) is 3.40. The summed E-state index contributed by atoms with van der Waals surface area (Å²) < 4.78 is 1.57. The van der Waals surface area contributed by atoms with Gasteiger partial charge in [0.15, 0.2) is 0 Å². The van der Waals surface area contributed by atoms with E-state index < -0.39 is 0 Å². The van der Waals surface area contributed by atoms with Gasteiger partial charge >= 0.3 is 0 Å². The molecule has 0 spiro atoms. The van der Waals surface area contributed by atoms with Crippen molar-refractivity contribution in [3.8, 4) is 0 Å². The van der Waals surface area contributed by atoms with Crippen LogP contribution in [0.15, 0.2) is 11.0 Å². The molecule has 2 fully saturated rings. The van der Waals surface area contributed by atoms with Gasteiger partial charge in [0.2, 0.25) is 0 Å². The molecule has 1 aliphatic carbocycles. The Morgan fingerprint density at radius 1 is 1.43 bits per heavy atom. The lowest BCUT2D eigenvalue weighted by Crippen LogP contribution is -2.49. The van der Waals surface area contributed by atoms with Crippen LogP contribution in [0.4, 0.5) is 5.69 Å². The van der Waals surface area contributed by atoms with E-state index >= 15 is 0 Å². The predicted octanol–water partition coefficient (Wildman–Crippen LogP) is 1.87. The summed E-state index contributed by atoms with van der Waals surface area (Å²) in [5.74, 6) is 1.25. The number of hydrogen-bond acceptors (Lipinski definition) is 4. The molecule has 2 atom stereocenters. The SMILES string of the molecule is CC1CCN(c2c(Cl)cnn(CC3CC3)c2=O)C(CN)C1. The molecular weight excluding hydrogens is 288 g/mol. The van der Waals surface area contributed by atoms with E-state index in [2.05, 4.69) is 16.9 Å². The maximum atomic E-state index is 12.7. The van der Waals surface area contributed by atoms with E-state index in [0.717, 1.165) is 19.4 Å². The van der Waals surface area contributed by atoms with Crippen molar-refractivity contribution < 1.29 is 0 Å². The molecular formula is C15H23ClN4O. The predicted molar refractivity (Wildman–Crippen MR) is 84.8 cm³/mol. The highest BCUT2D eigenvalue weighted by atomic mass is 35.5. The minimum Gasteiger partial charge on any atom is -0.361 e. The Bertz CT molecular complexity index is 569. The summed E-state index contributed by atoms with van der Waals surface area (Å²) >= 11 is 6.29. The molecule has 1 aliphatic heterocycles. The van der Waals surface area contributed by atoms with Gasteiger partial charge in [0.1, 0.15) is 5.69 Å². The number of nitrogens with zero attached hydrogens (tertiary/aromatic N) is 3. The van der Waals surface area contributed by atoms with Crippen LogP contribution in [-0.2, 0) is 6.54 Å². The third-order valence-corrected chi connectivity index (χ3v) is 4.92. The van der Waals surface area contributed by atoms with E-state index in [-0.39, 0.29) is 11.6 Å². The van der Waals surface area contributed by atoms with Crippen molar-refractivity contribution in [2.45, 2.75) is 45.2 Å². The Labute approximate surface area is 130 Å². The lowest BCUT2D eigenvalue weighted by molar-refractivity contribution is 0.365. The average Bonchev–Trinajstić information content (AvgIpc) is 3.27. The van der Waals surface area contributed by atoms with Crippen molar-refractivity contribution >= 4 is 17.3 Å². The standard InChI is InChI=1S/C15H23ClN4O/c1-10-4-5-19(12(6-10)7-17)14-13(16)8-18-20(15(14)21)9-11-2-3-11/h8,10-12H,2-7,9,17H2,1H3. The maximum Gasteiger partial charge on any atom is 0.291 e. The van der Waals surface area contributed by atoms with Gasteiger partial charge in [-0.1, -0.05) is 18.5 Å². The Morgan fingerprint density at radius 3 is 2.86 bits per heavy atom. The fourth-order valence-electron chi connectivity index (χ4n) is 3.16. The first-order valence-corrected chi connectivity index (χ1v) is 8.20. The van der Waals surface area contributed by atoms with Crippen LogP contribution < -0.4 is 16.2 Å². The van der Waals surface area contributed by atoms with Gasteiger partial charge in [-0.3, -0.25) is 4.79 Å². The molecule has 3 rings (SSSR count). The summed E-state index contributed by atoms with van der Waals surface area (Å²) in [7, 11) is 0. The van der Waals surface area contributed by atoms with Gasteiger partial charge in [0.05, 0.1) is 11.2 Å². The number of nitrogens with two attached hydrogens (primary N) is 1. The third kappa shape index (κ3) is 3.09. The molecule has 2 N–H and O–H groups in total. The van der Waals surface area contributed by atoms with Gasteiger partial charge in [-0.2, -0.15) is 5.10 Å². The molecule has 0 aromatic carbocycles. The Balaban J connectivity index is 1.94. The Hall–Kier alpha value is -1.07. The van der Waals surface area contributed by atoms with Crippen molar-refractivity contribution in [3.05, 3.63) is 21.6 Å². The van der Waals surface area contributed by atoms with E-state index in [4.69, 9.17) is 17.3 Å². The van der Waals surface area contributed by atoms with Crippen molar-refractivity contribution in [2.75, 3.05) is 18.0 Å². The molecule has 5 nitrogen and oxygen atoms in total. The molecule has 21 heavy (non-hydrogen) atoms. The summed E-state index contributed by atoms with van der Waals surface area (Å²) in [6.45, 7) is 4.33. The lowest BCUT2D eigenvalue weighted by atomic mass is 9.92. The molecule has 116 valence electrons. The molecule has 2 heterocycles. The van der Waals surface area contributed by atoms with Gasteiger partial charge in [-0.15, -0.1) is 0 Å². The smallest absolute Gasteiger partial charge is 0.291 e. The van der Waals surface area contributed by atoms with E-state index in [1.165, 1.54) is 12.8 Å². The van der Waals surface area contributed by atoms with Crippen molar-refractivity contribution in [1.29, 1.82) is 0 Å². The first-order valence-electron chi connectivity index (χ1n) is 7.82. The summed E-state index contributed by atoms with van der Waals surface area (Å²) in [5.41, 5.74) is 6.44.